The predicted molar refractivity (Wildman–Crippen MR) is 108 cm³/mol. The topological polar surface area (TPSA) is 62.3 Å². The maximum absolute atomic E-state index is 13.2. The Kier molecular flexibility index (Phi) is 4.72. The first-order valence-electron chi connectivity index (χ1n) is 9.03. The zero-order valence-electron chi connectivity index (χ0n) is 15.4. The fourth-order valence-electron chi connectivity index (χ4n) is 3.14. The van der Waals surface area contributed by atoms with Crippen LogP contribution < -0.4 is 5.32 Å². The summed E-state index contributed by atoms with van der Waals surface area (Å²) < 4.78 is 0. The van der Waals surface area contributed by atoms with Crippen LogP contribution >= 0.6 is 0 Å². The number of rotatable bonds is 5. The molecular formula is C23H19N3O2. The van der Waals surface area contributed by atoms with Crippen LogP contribution in [0.3, 0.4) is 0 Å². The van der Waals surface area contributed by atoms with Crippen LogP contribution in [0.4, 0.5) is 5.69 Å². The molecule has 1 aliphatic heterocycles. The van der Waals surface area contributed by atoms with Gasteiger partial charge in [0.2, 0.25) is 0 Å². The normalized spacial score (nSPS) is 14.0. The molecule has 138 valence electrons. The third-order valence-electron chi connectivity index (χ3n) is 4.60. The molecular weight excluding hydrogens is 350 g/mol. The van der Waals surface area contributed by atoms with Gasteiger partial charge in [0.05, 0.1) is 17.8 Å². The predicted octanol–water partition coefficient (Wildman–Crippen LogP) is 3.78. The first-order chi connectivity index (χ1) is 13.6. The van der Waals surface area contributed by atoms with E-state index in [0.29, 0.717) is 16.8 Å². The number of carbonyl (C=O) groups is 2. The van der Waals surface area contributed by atoms with E-state index < -0.39 is 0 Å². The van der Waals surface area contributed by atoms with Gasteiger partial charge < -0.3 is 5.32 Å². The van der Waals surface area contributed by atoms with Gasteiger partial charge in [0, 0.05) is 11.9 Å². The molecule has 0 radical (unpaired) electrons. The number of imide groups is 1. The van der Waals surface area contributed by atoms with E-state index >= 15 is 0 Å². The minimum Gasteiger partial charge on any atom is -0.350 e. The molecule has 0 atom stereocenters. The molecule has 0 saturated carbocycles. The molecule has 1 aliphatic rings. The average molecular weight is 369 g/mol. The van der Waals surface area contributed by atoms with Crippen LogP contribution in [0.1, 0.15) is 16.8 Å². The number of carbonyl (C=O) groups excluding carboxylic acids is 2. The number of hydrogen-bond donors (Lipinski definition) is 1. The van der Waals surface area contributed by atoms with E-state index in [2.05, 4.69) is 10.3 Å². The number of amides is 2. The van der Waals surface area contributed by atoms with E-state index in [1.54, 1.807) is 18.3 Å². The van der Waals surface area contributed by atoms with Crippen LogP contribution in [0.5, 0.6) is 0 Å². The molecule has 0 saturated heterocycles. The number of nitrogens with one attached hydrogen (secondary N) is 1. The molecule has 2 amide bonds. The molecule has 5 nitrogen and oxygen atoms in total. The smallest absolute Gasteiger partial charge is 0.278 e. The zero-order valence-corrected chi connectivity index (χ0v) is 15.4. The van der Waals surface area contributed by atoms with Crippen molar-refractivity contribution >= 4 is 23.1 Å². The minimum absolute atomic E-state index is 0.133. The molecule has 0 bridgehead atoms. The number of aryl methyl sites for hydroxylation is 1. The van der Waals surface area contributed by atoms with Crippen molar-refractivity contribution in [2.75, 3.05) is 5.32 Å². The van der Waals surface area contributed by atoms with E-state index in [9.17, 15) is 9.59 Å². The number of benzene rings is 2. The summed E-state index contributed by atoms with van der Waals surface area (Å²) in [5, 5.41) is 3.16. The van der Waals surface area contributed by atoms with Gasteiger partial charge in [-0.2, -0.15) is 0 Å². The monoisotopic (exact) mass is 369 g/mol. The van der Waals surface area contributed by atoms with Gasteiger partial charge in [-0.1, -0.05) is 54.1 Å². The first-order valence-corrected chi connectivity index (χ1v) is 9.03. The Labute approximate surface area is 163 Å². The zero-order chi connectivity index (χ0) is 19.5. The summed E-state index contributed by atoms with van der Waals surface area (Å²) >= 11 is 0. The summed E-state index contributed by atoms with van der Waals surface area (Å²) in [7, 11) is 0. The fourth-order valence-corrected chi connectivity index (χ4v) is 3.14. The Bertz CT molecular complexity index is 1040. The maximum Gasteiger partial charge on any atom is 0.278 e. The maximum atomic E-state index is 13.2. The molecule has 28 heavy (non-hydrogen) atoms. The molecule has 0 fully saturated rings. The van der Waals surface area contributed by atoms with E-state index in [-0.39, 0.29) is 24.1 Å². The highest BCUT2D eigenvalue weighted by molar-refractivity contribution is 6.36. The molecule has 0 aliphatic carbocycles. The first kappa shape index (κ1) is 17.7. The van der Waals surface area contributed by atoms with E-state index in [1.165, 1.54) is 4.90 Å². The van der Waals surface area contributed by atoms with Gasteiger partial charge in [0.15, 0.2) is 0 Å². The van der Waals surface area contributed by atoms with Crippen molar-refractivity contribution in [1.29, 1.82) is 0 Å². The second-order valence-corrected chi connectivity index (χ2v) is 6.62. The number of pyridine rings is 1. The minimum atomic E-state index is -0.352. The molecule has 4 rings (SSSR count). The largest absolute Gasteiger partial charge is 0.350 e. The average Bonchev–Trinajstić information content (AvgIpc) is 2.95. The highest BCUT2D eigenvalue weighted by Gasteiger charge is 2.39. The second-order valence-electron chi connectivity index (χ2n) is 6.62. The Balaban J connectivity index is 1.73. The fraction of sp³-hybridized carbons (Fsp3) is 0.0870. The molecule has 3 aromatic rings. The lowest BCUT2D eigenvalue weighted by molar-refractivity contribution is -0.137. The van der Waals surface area contributed by atoms with Gasteiger partial charge in [-0.05, 0) is 36.8 Å². The number of anilines is 1. The summed E-state index contributed by atoms with van der Waals surface area (Å²) in [5.41, 5.74) is 3.91. The van der Waals surface area contributed by atoms with E-state index in [1.807, 2.05) is 67.6 Å². The lowest BCUT2D eigenvalue weighted by atomic mass is 10.0. The van der Waals surface area contributed by atoms with Crippen molar-refractivity contribution < 1.29 is 9.59 Å². The molecule has 1 N–H and O–H groups in total. The highest BCUT2D eigenvalue weighted by Crippen LogP contribution is 2.31. The lowest BCUT2D eigenvalue weighted by Gasteiger charge is -2.14. The number of hydrogen-bond acceptors (Lipinski definition) is 4. The van der Waals surface area contributed by atoms with Gasteiger partial charge >= 0.3 is 0 Å². The SMILES string of the molecule is Cc1ccc(NC2=C(c3ccccc3)C(=O)N(Cc3ccccn3)C2=O)cc1. The summed E-state index contributed by atoms with van der Waals surface area (Å²) in [6.45, 7) is 2.13. The van der Waals surface area contributed by atoms with Crippen LogP contribution in [-0.2, 0) is 16.1 Å². The van der Waals surface area contributed by atoms with Gasteiger partial charge in [-0.25, -0.2) is 0 Å². The van der Waals surface area contributed by atoms with Crippen molar-refractivity contribution in [3.63, 3.8) is 0 Å². The quantitative estimate of drug-likeness (QED) is 0.695. The van der Waals surface area contributed by atoms with E-state index in [4.69, 9.17) is 0 Å². The lowest BCUT2D eigenvalue weighted by Crippen LogP contribution is -2.32. The summed E-state index contributed by atoms with van der Waals surface area (Å²) in [5.74, 6) is -0.674. The Morgan fingerprint density at radius 1 is 0.857 bits per heavy atom. The van der Waals surface area contributed by atoms with Crippen molar-refractivity contribution in [1.82, 2.24) is 9.88 Å². The Hall–Kier alpha value is -3.73. The third-order valence-corrected chi connectivity index (χ3v) is 4.60. The Morgan fingerprint density at radius 3 is 2.25 bits per heavy atom. The van der Waals surface area contributed by atoms with Crippen molar-refractivity contribution in [2.45, 2.75) is 13.5 Å². The third kappa shape index (κ3) is 3.42. The summed E-state index contributed by atoms with van der Waals surface area (Å²) in [6.07, 6.45) is 1.65. The molecule has 0 spiro atoms. The van der Waals surface area contributed by atoms with Gasteiger partial charge in [0.25, 0.3) is 11.8 Å². The van der Waals surface area contributed by atoms with Crippen molar-refractivity contribution in [2.24, 2.45) is 0 Å². The van der Waals surface area contributed by atoms with Crippen LogP contribution in [0.15, 0.2) is 84.7 Å². The number of aromatic nitrogens is 1. The van der Waals surface area contributed by atoms with E-state index in [0.717, 1.165) is 11.3 Å². The second kappa shape index (κ2) is 7.48. The molecule has 1 aromatic heterocycles. The van der Waals surface area contributed by atoms with Gasteiger partial charge in [-0.15, -0.1) is 0 Å². The van der Waals surface area contributed by atoms with Crippen molar-refractivity contribution in [3.05, 3.63) is 102 Å². The van der Waals surface area contributed by atoms with Crippen LogP contribution in [0.2, 0.25) is 0 Å². The van der Waals surface area contributed by atoms with Crippen molar-refractivity contribution in [3.8, 4) is 0 Å². The number of nitrogens with zero attached hydrogens (tertiary/aromatic N) is 2. The van der Waals surface area contributed by atoms with Gasteiger partial charge in [0.1, 0.15) is 5.70 Å². The molecule has 2 aromatic carbocycles. The highest BCUT2D eigenvalue weighted by atomic mass is 16.2. The summed E-state index contributed by atoms with van der Waals surface area (Å²) in [6, 6.07) is 22.4. The molecule has 0 unspecified atom stereocenters. The Morgan fingerprint density at radius 2 is 1.57 bits per heavy atom. The van der Waals surface area contributed by atoms with Crippen LogP contribution in [0, 0.1) is 6.92 Å². The van der Waals surface area contributed by atoms with Crippen LogP contribution in [0.25, 0.3) is 5.57 Å². The molecule has 5 heteroatoms. The molecule has 2 heterocycles. The van der Waals surface area contributed by atoms with Gasteiger partial charge in [-0.3, -0.25) is 19.5 Å². The summed E-state index contributed by atoms with van der Waals surface area (Å²) in [4.78, 5) is 31.8. The standard InChI is InChI=1S/C23H19N3O2/c1-16-10-12-18(13-11-16)25-21-20(17-7-3-2-4-8-17)22(27)26(23(21)28)15-19-9-5-6-14-24-19/h2-14,25H,15H2,1H3. The van der Waals surface area contributed by atoms with Crippen LogP contribution in [-0.4, -0.2) is 21.7 Å².